The number of aliphatic imine (C=N–C) groups is 1. The maximum Gasteiger partial charge on any atom is 0.104 e. The molecule has 0 N–H and O–H groups in total. The molecule has 1 nitrogen and oxygen atoms in total. The second-order valence-corrected chi connectivity index (χ2v) is 19.1. The Hall–Kier alpha value is -7.79. The first-order valence-corrected chi connectivity index (χ1v) is 24.6. The summed E-state index contributed by atoms with van der Waals surface area (Å²) in [6.45, 7) is 0. The van der Waals surface area contributed by atoms with Gasteiger partial charge in [-0.15, -0.1) is 0 Å². The lowest BCUT2D eigenvalue weighted by molar-refractivity contribution is 1.50. The molecule has 0 saturated carbocycles. The summed E-state index contributed by atoms with van der Waals surface area (Å²) in [5.74, 6) is 0. The van der Waals surface area contributed by atoms with E-state index in [4.69, 9.17) is 4.99 Å². The van der Waals surface area contributed by atoms with Gasteiger partial charge in [0.15, 0.2) is 0 Å². The van der Waals surface area contributed by atoms with Crippen LogP contribution in [0.1, 0.15) is 16.7 Å². The average Bonchev–Trinajstić information content (AvgIpc) is 3.41. The van der Waals surface area contributed by atoms with E-state index in [1.54, 1.807) is 0 Å². The Morgan fingerprint density at radius 3 is 1.17 bits per heavy atom. The molecule has 10 aromatic carbocycles. The summed E-state index contributed by atoms with van der Waals surface area (Å²) < 4.78 is 2.49. The molecular weight excluding hydrogens is 910 g/mol. The SMILES string of the molecule is C1=C(c2ccccc2)N=C(c2cc(-c3cc(-c4ccccc4)ccc3-c3ccccc3)cc(-c3c(-c4ccccc4)ccc(-c4ccccc4)c3-c3ccccc3)c2)I=C1c1ccccc1. The van der Waals surface area contributed by atoms with Crippen LogP contribution in [0.4, 0.5) is 0 Å². The number of nitrogens with zero attached hydrogens (tertiary/aromatic N) is 1. The summed E-state index contributed by atoms with van der Waals surface area (Å²) in [4.78, 5) is 5.65. The fourth-order valence-electron chi connectivity index (χ4n) is 9.05. The van der Waals surface area contributed by atoms with Crippen LogP contribution in [0.2, 0.25) is 0 Å². The van der Waals surface area contributed by atoms with E-state index in [9.17, 15) is 0 Å². The Labute approximate surface area is 397 Å². The second kappa shape index (κ2) is 18.7. The molecule has 0 spiro atoms. The molecule has 0 atom stereocenters. The van der Waals surface area contributed by atoms with E-state index in [-0.39, 0.29) is 0 Å². The molecule has 0 radical (unpaired) electrons. The highest BCUT2D eigenvalue weighted by molar-refractivity contribution is 14.2. The van der Waals surface area contributed by atoms with Crippen molar-refractivity contribution < 1.29 is 0 Å². The van der Waals surface area contributed by atoms with Crippen LogP contribution < -0.4 is 0 Å². The minimum absolute atomic E-state index is 0.713. The summed E-state index contributed by atoms with van der Waals surface area (Å²) in [5.41, 5.74) is 21.0. The average molecular weight is 954 g/mol. The number of halogens is 1. The van der Waals surface area contributed by atoms with Crippen molar-refractivity contribution in [1.82, 2.24) is 0 Å². The molecule has 10 aromatic rings. The van der Waals surface area contributed by atoms with Crippen LogP contribution in [0.25, 0.3) is 83.6 Å². The van der Waals surface area contributed by atoms with Crippen LogP contribution in [-0.4, -0.2) is 7.23 Å². The second-order valence-electron chi connectivity index (χ2n) is 16.4. The number of hydrogen-bond acceptors (Lipinski definition) is 1. The Morgan fingerprint density at radius 1 is 0.242 bits per heavy atom. The zero-order valence-electron chi connectivity index (χ0n) is 36.2. The van der Waals surface area contributed by atoms with E-state index in [2.05, 4.69) is 267 Å². The van der Waals surface area contributed by atoms with Gasteiger partial charge in [0.25, 0.3) is 0 Å². The smallest absolute Gasteiger partial charge is 0.104 e. The van der Waals surface area contributed by atoms with E-state index in [1.807, 2.05) is 0 Å². The van der Waals surface area contributed by atoms with Gasteiger partial charge in [-0.3, -0.25) is 0 Å². The third kappa shape index (κ3) is 8.47. The molecule has 0 amide bonds. The predicted molar refractivity (Wildman–Crippen MR) is 290 cm³/mol. The molecule has 0 aliphatic carbocycles. The van der Waals surface area contributed by atoms with Crippen molar-refractivity contribution in [2.75, 3.05) is 0 Å². The number of allylic oxidation sites excluding steroid dienone is 1. The number of hydrogen-bond donors (Lipinski definition) is 0. The van der Waals surface area contributed by atoms with Crippen LogP contribution in [0.3, 0.4) is 0 Å². The lowest BCUT2D eigenvalue weighted by Gasteiger charge is -2.23. The zero-order valence-corrected chi connectivity index (χ0v) is 38.4. The maximum absolute atomic E-state index is 5.65. The molecule has 312 valence electrons. The van der Waals surface area contributed by atoms with Crippen LogP contribution in [-0.2, 0) is 0 Å². The highest BCUT2D eigenvalue weighted by atomic mass is 127. The first-order valence-electron chi connectivity index (χ1n) is 22.4. The molecule has 11 rings (SSSR count). The standard InChI is InChI=1S/C64H44IN/c1-8-22-45(23-9-1)52-36-37-56(46-24-10-2-11-25-46)59(43-52)53-40-54(42-55(41-53)64-65-60(49-30-16-5-17-31-49)44-61(66-64)50-32-18-6-19-33-50)63-58(48-28-14-4-15-29-48)39-38-57(47-26-12-3-13-27-47)62(63)51-34-20-7-21-35-51/h1-44H. The summed E-state index contributed by atoms with van der Waals surface area (Å²) in [6, 6.07) is 94.7. The normalized spacial score (nSPS) is 12.3. The summed E-state index contributed by atoms with van der Waals surface area (Å²) >= 11 is -0.713. The van der Waals surface area contributed by atoms with Crippen molar-refractivity contribution in [3.63, 3.8) is 0 Å². The minimum atomic E-state index is -0.713. The quantitative estimate of drug-likeness (QED) is 0.121. The molecule has 1 aliphatic heterocycles. The van der Waals surface area contributed by atoms with E-state index >= 15 is 0 Å². The molecule has 1 aliphatic rings. The van der Waals surface area contributed by atoms with Crippen LogP contribution in [0, 0.1) is 0 Å². The van der Waals surface area contributed by atoms with Gasteiger partial charge in [0, 0.05) is 14.6 Å². The molecule has 0 bridgehead atoms. The Balaban J connectivity index is 1.26. The molecule has 0 fully saturated rings. The summed E-state index contributed by atoms with van der Waals surface area (Å²) in [5, 5.41) is 0. The monoisotopic (exact) mass is 953 g/mol. The van der Waals surface area contributed by atoms with Crippen molar-refractivity contribution in [3.05, 3.63) is 284 Å². The van der Waals surface area contributed by atoms with Gasteiger partial charge in [0.2, 0.25) is 0 Å². The lowest BCUT2D eigenvalue weighted by atomic mass is 9.81. The van der Waals surface area contributed by atoms with E-state index in [0.29, 0.717) is 0 Å². The Morgan fingerprint density at radius 2 is 0.636 bits per heavy atom. The van der Waals surface area contributed by atoms with E-state index in [1.165, 1.54) is 75.8 Å². The highest BCUT2D eigenvalue weighted by Crippen LogP contribution is 2.48. The molecule has 0 aromatic heterocycles. The number of rotatable bonds is 10. The Kier molecular flexibility index (Phi) is 11.6. The van der Waals surface area contributed by atoms with Gasteiger partial charge in [-0.1, -0.05) is 257 Å². The summed E-state index contributed by atoms with van der Waals surface area (Å²) in [6.07, 6.45) is 2.33. The van der Waals surface area contributed by atoms with Gasteiger partial charge in [-0.05, 0) is 114 Å². The van der Waals surface area contributed by atoms with Gasteiger partial charge < -0.3 is 0 Å². The lowest BCUT2D eigenvalue weighted by Crippen LogP contribution is -2.05. The predicted octanol–water partition coefficient (Wildman–Crippen LogP) is 17.3. The van der Waals surface area contributed by atoms with Gasteiger partial charge in [0.05, 0.1) is 5.70 Å². The van der Waals surface area contributed by atoms with Crippen molar-refractivity contribution in [3.8, 4) is 77.9 Å². The third-order valence-electron chi connectivity index (χ3n) is 12.2. The largest absolute Gasteiger partial charge is 0.242 e. The van der Waals surface area contributed by atoms with Crippen LogP contribution in [0.5, 0.6) is 0 Å². The van der Waals surface area contributed by atoms with Crippen molar-refractivity contribution in [2.24, 2.45) is 4.99 Å². The fraction of sp³-hybridized carbons (Fsp3) is 0. The maximum atomic E-state index is 5.65. The van der Waals surface area contributed by atoms with Gasteiger partial charge in [0.1, 0.15) is 3.72 Å². The topological polar surface area (TPSA) is 12.4 Å². The molecule has 2 heteroatoms. The fourth-order valence-corrected chi connectivity index (χ4v) is 11.7. The molecule has 0 unspecified atom stereocenters. The first kappa shape index (κ1) is 40.9. The van der Waals surface area contributed by atoms with Crippen molar-refractivity contribution in [2.45, 2.75) is 0 Å². The molecule has 1 heterocycles. The van der Waals surface area contributed by atoms with Gasteiger partial charge in [-0.2, -0.15) is 0 Å². The highest BCUT2D eigenvalue weighted by Gasteiger charge is 2.23. The molecule has 0 saturated heterocycles. The molecular formula is C64H44IN. The van der Waals surface area contributed by atoms with Gasteiger partial charge >= 0.3 is 0 Å². The third-order valence-corrected chi connectivity index (χ3v) is 15.1. The Bertz CT molecular complexity index is 3360. The van der Waals surface area contributed by atoms with Crippen molar-refractivity contribution in [1.29, 1.82) is 0 Å². The van der Waals surface area contributed by atoms with Crippen LogP contribution >= 0.6 is 20.7 Å². The molecule has 66 heavy (non-hydrogen) atoms. The number of benzene rings is 10. The van der Waals surface area contributed by atoms with Gasteiger partial charge in [-0.25, -0.2) is 4.99 Å². The first-order chi connectivity index (χ1) is 32.7. The zero-order chi connectivity index (χ0) is 44.1. The summed E-state index contributed by atoms with van der Waals surface area (Å²) in [7, 11) is 0. The van der Waals surface area contributed by atoms with Crippen molar-refractivity contribution >= 4 is 33.7 Å². The van der Waals surface area contributed by atoms with E-state index in [0.717, 1.165) is 31.7 Å². The van der Waals surface area contributed by atoms with Crippen LogP contribution in [0.15, 0.2) is 272 Å². The minimum Gasteiger partial charge on any atom is -0.242 e. The van der Waals surface area contributed by atoms with E-state index < -0.39 is 20.7 Å².